The van der Waals surface area contributed by atoms with E-state index in [0.717, 1.165) is 28.9 Å². The van der Waals surface area contributed by atoms with E-state index in [-0.39, 0.29) is 11.9 Å². The van der Waals surface area contributed by atoms with Crippen molar-refractivity contribution in [2.45, 2.75) is 64.5 Å². The molecule has 2 N–H and O–H groups in total. The van der Waals surface area contributed by atoms with Crippen molar-refractivity contribution in [2.75, 3.05) is 0 Å². The highest BCUT2D eigenvalue weighted by Gasteiger charge is 2.54. The summed E-state index contributed by atoms with van der Waals surface area (Å²) in [6.45, 7) is 5.91. The van der Waals surface area contributed by atoms with Crippen molar-refractivity contribution in [1.82, 2.24) is 15.1 Å². The number of nitrogens with zero attached hydrogens (tertiary/aromatic N) is 2. The van der Waals surface area contributed by atoms with Crippen molar-refractivity contribution < 1.29 is 19.0 Å². The van der Waals surface area contributed by atoms with Crippen LogP contribution in [-0.4, -0.2) is 32.6 Å². The largest absolute Gasteiger partial charge is 0.412 e. The van der Waals surface area contributed by atoms with Gasteiger partial charge in [0, 0.05) is 11.5 Å². The van der Waals surface area contributed by atoms with E-state index in [1.54, 1.807) is 18.2 Å². The van der Waals surface area contributed by atoms with Gasteiger partial charge >= 0.3 is 6.09 Å². The van der Waals surface area contributed by atoms with Crippen molar-refractivity contribution in [3.63, 3.8) is 0 Å². The monoisotopic (exact) mass is 489 g/mol. The Hall–Kier alpha value is -3.45. The van der Waals surface area contributed by atoms with Gasteiger partial charge in [-0.2, -0.15) is 5.10 Å². The first-order valence-electron chi connectivity index (χ1n) is 12.5. The molecule has 1 fully saturated rings. The zero-order chi connectivity index (χ0) is 25.5. The van der Waals surface area contributed by atoms with E-state index < -0.39 is 17.1 Å². The molecule has 3 aromatic rings. The Morgan fingerprint density at radius 3 is 2.72 bits per heavy atom. The lowest BCUT2D eigenvalue weighted by atomic mass is 9.65. The quantitative estimate of drug-likeness (QED) is 0.472. The Balaban J connectivity index is 1.36. The maximum absolute atomic E-state index is 13.4. The number of fused-ring (bicyclic) bond motifs is 2. The lowest BCUT2D eigenvalue weighted by Gasteiger charge is -2.42. The van der Waals surface area contributed by atoms with Gasteiger partial charge in [0.2, 0.25) is 0 Å². The van der Waals surface area contributed by atoms with Crippen LogP contribution in [0.5, 0.6) is 5.75 Å². The number of para-hydroxylation sites is 1. The molecular weight excluding hydrogens is 457 g/mol. The van der Waals surface area contributed by atoms with Crippen molar-refractivity contribution in [3.05, 3.63) is 82.9 Å². The summed E-state index contributed by atoms with van der Waals surface area (Å²) in [6, 6.07) is 13.8. The number of halogens is 1. The highest BCUT2D eigenvalue weighted by molar-refractivity contribution is 5.71. The number of nitrogens with one attached hydrogen (secondary N) is 1. The van der Waals surface area contributed by atoms with Crippen LogP contribution in [0.2, 0.25) is 0 Å². The van der Waals surface area contributed by atoms with Crippen LogP contribution in [0.15, 0.2) is 60.3 Å². The van der Waals surface area contributed by atoms with Gasteiger partial charge in [0.1, 0.15) is 11.6 Å². The van der Waals surface area contributed by atoms with Crippen molar-refractivity contribution in [3.8, 4) is 11.4 Å². The maximum atomic E-state index is 13.4. The first-order valence-corrected chi connectivity index (χ1v) is 12.5. The fraction of sp³-hybridized carbons (Fsp3) is 0.379. The van der Waals surface area contributed by atoms with Crippen LogP contribution < -0.4 is 10.1 Å². The van der Waals surface area contributed by atoms with Crippen LogP contribution in [0.3, 0.4) is 0 Å². The third-order valence-corrected chi connectivity index (χ3v) is 7.75. The number of rotatable bonds is 6. The van der Waals surface area contributed by atoms with E-state index in [1.165, 1.54) is 17.7 Å². The van der Waals surface area contributed by atoms with Gasteiger partial charge < -0.3 is 15.2 Å². The molecule has 1 saturated carbocycles. The topological polar surface area (TPSA) is 76.4 Å². The van der Waals surface area contributed by atoms with Gasteiger partial charge in [0.05, 0.1) is 23.2 Å². The molecule has 0 spiro atoms. The molecule has 1 amide bonds. The van der Waals surface area contributed by atoms with E-state index in [1.807, 2.05) is 42.9 Å². The Kier molecular flexibility index (Phi) is 6.20. The molecule has 188 valence electrons. The molecule has 0 radical (unpaired) electrons. The SMILES string of the molecule is CC(C)NC(=O)Oc1ccccc1CC[C@]1(O)CCC2=Cc3c(cnn3-c3ccc(F)cc3)C[C@@]21C. The lowest BCUT2D eigenvalue weighted by molar-refractivity contribution is -0.0462. The summed E-state index contributed by atoms with van der Waals surface area (Å²) in [4.78, 5) is 12.2. The number of ether oxygens (including phenoxy) is 1. The Morgan fingerprint density at radius 2 is 1.97 bits per heavy atom. The molecular formula is C29H32FN3O3. The van der Waals surface area contributed by atoms with Gasteiger partial charge in [0.25, 0.3) is 0 Å². The Bertz CT molecular complexity index is 1310. The normalized spacial score (nSPS) is 22.7. The summed E-state index contributed by atoms with van der Waals surface area (Å²) in [7, 11) is 0. The van der Waals surface area contributed by atoms with Gasteiger partial charge in [-0.1, -0.05) is 30.7 Å². The third-order valence-electron chi connectivity index (χ3n) is 7.75. The first kappa shape index (κ1) is 24.3. The maximum Gasteiger partial charge on any atom is 0.412 e. The van der Waals surface area contributed by atoms with E-state index >= 15 is 0 Å². The third kappa shape index (κ3) is 4.32. The van der Waals surface area contributed by atoms with Gasteiger partial charge in [-0.25, -0.2) is 13.9 Å². The molecule has 2 aromatic carbocycles. The zero-order valence-electron chi connectivity index (χ0n) is 20.9. The molecule has 2 atom stereocenters. The summed E-state index contributed by atoms with van der Waals surface area (Å²) in [5, 5.41) is 19.3. The van der Waals surface area contributed by atoms with E-state index in [9.17, 15) is 14.3 Å². The number of aryl methyl sites for hydroxylation is 1. The minimum atomic E-state index is -0.901. The van der Waals surface area contributed by atoms with Crippen LogP contribution >= 0.6 is 0 Å². The van der Waals surface area contributed by atoms with Crippen molar-refractivity contribution in [1.29, 1.82) is 0 Å². The average molecular weight is 490 g/mol. The Labute approximate surface area is 210 Å². The van der Waals surface area contributed by atoms with Crippen molar-refractivity contribution >= 4 is 12.2 Å². The van der Waals surface area contributed by atoms with Crippen LogP contribution in [0.1, 0.15) is 56.9 Å². The minimum absolute atomic E-state index is 0.0161. The van der Waals surface area contributed by atoms with Crippen LogP contribution in [0, 0.1) is 11.2 Å². The zero-order valence-corrected chi connectivity index (χ0v) is 20.9. The van der Waals surface area contributed by atoms with Crippen LogP contribution in [-0.2, 0) is 12.8 Å². The predicted molar refractivity (Wildman–Crippen MR) is 137 cm³/mol. The second-order valence-corrected chi connectivity index (χ2v) is 10.4. The van der Waals surface area contributed by atoms with Gasteiger partial charge in [-0.05, 0) is 93.5 Å². The molecule has 2 aliphatic rings. The number of aliphatic hydroxyl groups is 1. The summed E-state index contributed by atoms with van der Waals surface area (Å²) >= 11 is 0. The fourth-order valence-electron chi connectivity index (χ4n) is 5.63. The van der Waals surface area contributed by atoms with Gasteiger partial charge in [-0.3, -0.25) is 0 Å². The van der Waals surface area contributed by atoms with Crippen LogP contribution in [0.4, 0.5) is 9.18 Å². The summed E-state index contributed by atoms with van der Waals surface area (Å²) in [5.74, 6) is 0.240. The molecule has 7 heteroatoms. The summed E-state index contributed by atoms with van der Waals surface area (Å²) in [5.41, 5.74) is 3.66. The van der Waals surface area contributed by atoms with Gasteiger partial charge in [0.15, 0.2) is 0 Å². The molecule has 0 bridgehead atoms. The van der Waals surface area contributed by atoms with Crippen molar-refractivity contribution in [2.24, 2.45) is 5.41 Å². The smallest absolute Gasteiger partial charge is 0.410 e. The number of hydrogen-bond acceptors (Lipinski definition) is 4. The molecule has 6 nitrogen and oxygen atoms in total. The molecule has 1 heterocycles. The van der Waals surface area contributed by atoms with E-state index in [4.69, 9.17) is 4.74 Å². The Morgan fingerprint density at radius 1 is 1.22 bits per heavy atom. The molecule has 0 unspecified atom stereocenters. The standard InChI is InChI=1S/C29H32FN3O3/c1-19(2)32-27(34)36-26-7-5-4-6-20(26)12-14-29(35)15-13-22-16-25-21(17-28(22,29)3)18-31-33(25)24-10-8-23(30)9-11-24/h4-11,16,18-19,35H,12-15,17H2,1-3H3,(H,32,34)/t28-,29-/m0/s1. The molecule has 0 saturated heterocycles. The fourth-order valence-corrected chi connectivity index (χ4v) is 5.63. The lowest BCUT2D eigenvalue weighted by Crippen LogP contribution is -2.45. The first-order chi connectivity index (χ1) is 17.2. The number of hydrogen-bond donors (Lipinski definition) is 2. The molecule has 2 aliphatic carbocycles. The van der Waals surface area contributed by atoms with Gasteiger partial charge in [-0.15, -0.1) is 0 Å². The number of carbonyl (C=O) groups excluding carboxylic acids is 1. The van der Waals surface area contributed by atoms with E-state index in [2.05, 4.69) is 23.4 Å². The molecule has 36 heavy (non-hydrogen) atoms. The van der Waals surface area contributed by atoms with Crippen LogP contribution in [0.25, 0.3) is 11.8 Å². The number of amides is 1. The number of benzene rings is 2. The minimum Gasteiger partial charge on any atom is -0.410 e. The highest BCUT2D eigenvalue weighted by atomic mass is 19.1. The average Bonchev–Trinajstić information content (AvgIpc) is 3.34. The number of aromatic nitrogens is 2. The highest BCUT2D eigenvalue weighted by Crippen LogP contribution is 2.57. The summed E-state index contributed by atoms with van der Waals surface area (Å²) in [6.07, 6.45) is 6.82. The molecule has 0 aliphatic heterocycles. The number of carbonyl (C=O) groups is 1. The summed E-state index contributed by atoms with van der Waals surface area (Å²) < 4.78 is 20.8. The predicted octanol–water partition coefficient (Wildman–Crippen LogP) is 5.61. The molecule has 5 rings (SSSR count). The second-order valence-electron chi connectivity index (χ2n) is 10.4. The second kappa shape index (κ2) is 9.21. The molecule has 1 aromatic heterocycles. The van der Waals surface area contributed by atoms with E-state index in [0.29, 0.717) is 31.4 Å².